The molecule has 0 spiro atoms. The van der Waals surface area contributed by atoms with Crippen molar-refractivity contribution in [1.29, 1.82) is 0 Å². The molecule has 0 aliphatic carbocycles. The highest BCUT2D eigenvalue weighted by Gasteiger charge is 2.36. The summed E-state index contributed by atoms with van der Waals surface area (Å²) in [6.07, 6.45) is 0.959. The van der Waals surface area contributed by atoms with Crippen molar-refractivity contribution < 1.29 is 9.53 Å². The van der Waals surface area contributed by atoms with E-state index in [-0.39, 0.29) is 11.8 Å². The van der Waals surface area contributed by atoms with Crippen molar-refractivity contribution in [3.05, 3.63) is 0 Å². The molecule has 0 aromatic carbocycles. The van der Waals surface area contributed by atoms with Crippen LogP contribution in [-0.4, -0.2) is 53.5 Å². The first-order chi connectivity index (χ1) is 6.83. The third-order valence-corrected chi connectivity index (χ3v) is 4.29. The zero-order valence-corrected chi connectivity index (χ0v) is 9.52. The lowest BCUT2D eigenvalue weighted by Gasteiger charge is -2.43. The predicted molar refractivity (Wildman–Crippen MR) is 57.9 cm³/mol. The maximum atomic E-state index is 11.6. The van der Waals surface area contributed by atoms with E-state index in [1.54, 1.807) is 0 Å². The Bertz CT molecular complexity index is 225. The molecule has 0 N–H and O–H groups in total. The van der Waals surface area contributed by atoms with Crippen molar-refractivity contribution >= 4 is 29.3 Å². The van der Waals surface area contributed by atoms with Gasteiger partial charge in [0.05, 0.1) is 6.61 Å². The van der Waals surface area contributed by atoms with Crippen molar-refractivity contribution in [3.63, 3.8) is 0 Å². The van der Waals surface area contributed by atoms with E-state index in [0.717, 1.165) is 31.9 Å². The Labute approximate surface area is 93.1 Å². The molecule has 2 unspecified atom stereocenters. The number of carbonyl (C=O) groups is 1. The minimum atomic E-state index is 0.0730. The lowest BCUT2D eigenvalue weighted by atomic mass is 10.1. The van der Waals surface area contributed by atoms with Crippen molar-refractivity contribution in [1.82, 2.24) is 4.90 Å². The Morgan fingerprint density at radius 1 is 1.64 bits per heavy atom. The fourth-order valence-corrected chi connectivity index (χ4v) is 3.53. The summed E-state index contributed by atoms with van der Waals surface area (Å²) in [7, 11) is 0. The van der Waals surface area contributed by atoms with Crippen molar-refractivity contribution in [3.8, 4) is 0 Å². The Hall–Kier alpha value is 0.0700. The quantitative estimate of drug-likeness (QED) is 0.634. The molecule has 2 atom stereocenters. The van der Waals surface area contributed by atoms with Gasteiger partial charge in [0.15, 0.2) is 0 Å². The van der Waals surface area contributed by atoms with Crippen LogP contribution in [0, 0.1) is 0 Å². The van der Waals surface area contributed by atoms with E-state index < -0.39 is 0 Å². The summed E-state index contributed by atoms with van der Waals surface area (Å²) in [6, 6.07) is 0.355. The number of hydrogen-bond acceptors (Lipinski definition) is 3. The molecule has 2 aliphatic heterocycles. The number of ether oxygens (including phenoxy) is 1. The van der Waals surface area contributed by atoms with Gasteiger partial charge in [0.25, 0.3) is 0 Å². The summed E-state index contributed by atoms with van der Waals surface area (Å²) in [6.45, 7) is 2.40. The Morgan fingerprint density at radius 2 is 2.50 bits per heavy atom. The molecule has 5 heteroatoms. The van der Waals surface area contributed by atoms with E-state index in [0.29, 0.717) is 11.3 Å². The van der Waals surface area contributed by atoms with Crippen LogP contribution in [0.3, 0.4) is 0 Å². The van der Waals surface area contributed by atoms with Crippen LogP contribution < -0.4 is 0 Å². The fraction of sp³-hybridized carbons (Fsp3) is 0.889. The minimum absolute atomic E-state index is 0.0730. The van der Waals surface area contributed by atoms with Crippen molar-refractivity contribution in [2.24, 2.45) is 0 Å². The number of amides is 1. The van der Waals surface area contributed by atoms with E-state index in [1.807, 2.05) is 16.7 Å². The van der Waals surface area contributed by atoms with E-state index >= 15 is 0 Å². The smallest absolute Gasteiger partial charge is 0.237 e. The number of rotatable bonds is 1. The first kappa shape index (κ1) is 10.6. The van der Waals surface area contributed by atoms with Crippen LogP contribution in [0.15, 0.2) is 0 Å². The van der Waals surface area contributed by atoms with Gasteiger partial charge in [-0.2, -0.15) is 11.8 Å². The predicted octanol–water partition coefficient (Wildman–Crippen LogP) is 0.958. The normalized spacial score (nSPS) is 32.5. The first-order valence-corrected chi connectivity index (χ1v) is 6.46. The molecule has 0 aromatic heterocycles. The van der Waals surface area contributed by atoms with Gasteiger partial charge in [0.2, 0.25) is 5.91 Å². The average Bonchev–Trinajstić information content (AvgIpc) is 2.27. The Kier molecular flexibility index (Phi) is 3.57. The van der Waals surface area contributed by atoms with Crippen LogP contribution in [-0.2, 0) is 9.53 Å². The summed E-state index contributed by atoms with van der Waals surface area (Å²) in [5.74, 6) is 1.19. The number of hydrogen-bond donors (Lipinski definition) is 0. The van der Waals surface area contributed by atoms with Crippen LogP contribution in [0.4, 0.5) is 0 Å². The molecule has 80 valence electrons. The SMILES string of the molecule is O=C(CCl)N1CCSC2COCCC21. The largest absolute Gasteiger partial charge is 0.380 e. The van der Waals surface area contributed by atoms with Gasteiger partial charge < -0.3 is 9.64 Å². The summed E-state index contributed by atoms with van der Waals surface area (Å²) < 4.78 is 5.41. The molecule has 3 nitrogen and oxygen atoms in total. The van der Waals surface area contributed by atoms with E-state index in [4.69, 9.17) is 16.3 Å². The summed E-state index contributed by atoms with van der Waals surface area (Å²) in [5, 5.41) is 0.463. The van der Waals surface area contributed by atoms with Gasteiger partial charge in [-0.15, -0.1) is 11.6 Å². The van der Waals surface area contributed by atoms with Gasteiger partial charge in [0.1, 0.15) is 5.88 Å². The molecule has 2 saturated heterocycles. The van der Waals surface area contributed by atoms with Gasteiger partial charge in [-0.1, -0.05) is 0 Å². The summed E-state index contributed by atoms with van der Waals surface area (Å²) >= 11 is 7.50. The monoisotopic (exact) mass is 235 g/mol. The maximum Gasteiger partial charge on any atom is 0.237 e. The number of thioether (sulfide) groups is 1. The standard InChI is InChI=1S/C9H14ClNO2S/c10-5-9(12)11-2-4-14-8-6-13-3-1-7(8)11/h7-8H,1-6H2. The van der Waals surface area contributed by atoms with E-state index in [2.05, 4.69) is 0 Å². The Balaban J connectivity index is 2.04. The molecule has 0 radical (unpaired) electrons. The number of halogens is 1. The minimum Gasteiger partial charge on any atom is -0.380 e. The zero-order valence-electron chi connectivity index (χ0n) is 7.95. The molecular formula is C9H14ClNO2S. The maximum absolute atomic E-state index is 11.6. The zero-order chi connectivity index (χ0) is 9.97. The number of carbonyl (C=O) groups excluding carboxylic acids is 1. The van der Waals surface area contributed by atoms with Gasteiger partial charge in [-0.3, -0.25) is 4.79 Å². The van der Waals surface area contributed by atoms with Crippen LogP contribution >= 0.6 is 23.4 Å². The highest BCUT2D eigenvalue weighted by molar-refractivity contribution is 8.00. The van der Waals surface area contributed by atoms with E-state index in [1.165, 1.54) is 0 Å². The lowest BCUT2D eigenvalue weighted by Crippen LogP contribution is -2.54. The molecular weight excluding hydrogens is 222 g/mol. The lowest BCUT2D eigenvalue weighted by molar-refractivity contribution is -0.132. The third kappa shape index (κ3) is 2.02. The van der Waals surface area contributed by atoms with Crippen LogP contribution in [0.25, 0.3) is 0 Å². The Morgan fingerprint density at radius 3 is 3.29 bits per heavy atom. The second-order valence-electron chi connectivity index (χ2n) is 3.56. The summed E-state index contributed by atoms with van der Waals surface area (Å²) in [5.41, 5.74) is 0. The van der Waals surface area contributed by atoms with Crippen LogP contribution in [0.5, 0.6) is 0 Å². The second-order valence-corrected chi connectivity index (χ2v) is 5.18. The molecule has 2 heterocycles. The molecule has 1 amide bonds. The molecule has 14 heavy (non-hydrogen) atoms. The van der Waals surface area contributed by atoms with Crippen molar-refractivity contribution in [2.75, 3.05) is 31.4 Å². The van der Waals surface area contributed by atoms with Crippen LogP contribution in [0.1, 0.15) is 6.42 Å². The van der Waals surface area contributed by atoms with Gasteiger partial charge in [-0.05, 0) is 6.42 Å². The van der Waals surface area contributed by atoms with Crippen LogP contribution in [0.2, 0.25) is 0 Å². The highest BCUT2D eigenvalue weighted by atomic mass is 35.5. The topological polar surface area (TPSA) is 29.5 Å². The third-order valence-electron chi connectivity index (χ3n) is 2.77. The number of fused-ring (bicyclic) bond motifs is 1. The van der Waals surface area contributed by atoms with Gasteiger partial charge in [-0.25, -0.2) is 0 Å². The fourth-order valence-electron chi connectivity index (χ4n) is 2.07. The van der Waals surface area contributed by atoms with E-state index in [9.17, 15) is 4.79 Å². The highest BCUT2D eigenvalue weighted by Crippen LogP contribution is 2.30. The molecule has 0 aromatic rings. The molecule has 0 bridgehead atoms. The molecule has 2 aliphatic rings. The van der Waals surface area contributed by atoms with Crippen molar-refractivity contribution in [2.45, 2.75) is 17.7 Å². The number of alkyl halides is 1. The second kappa shape index (κ2) is 4.73. The first-order valence-electron chi connectivity index (χ1n) is 4.87. The summed E-state index contributed by atoms with van der Waals surface area (Å²) in [4.78, 5) is 13.5. The molecule has 2 rings (SSSR count). The van der Waals surface area contributed by atoms with Gasteiger partial charge >= 0.3 is 0 Å². The average molecular weight is 236 g/mol. The number of nitrogens with zero attached hydrogens (tertiary/aromatic N) is 1. The molecule has 0 saturated carbocycles. The molecule has 2 fully saturated rings. The van der Waals surface area contributed by atoms with Gasteiger partial charge in [0, 0.05) is 30.2 Å².